The van der Waals surface area contributed by atoms with Crippen LogP contribution in [0.5, 0.6) is 0 Å². The number of benzene rings is 4. The van der Waals surface area contributed by atoms with Crippen LogP contribution in [0.15, 0.2) is 103 Å². The fourth-order valence-corrected chi connectivity index (χ4v) is 5.32. The van der Waals surface area contributed by atoms with Gasteiger partial charge in [0.25, 0.3) is 11.8 Å². The van der Waals surface area contributed by atoms with Crippen molar-refractivity contribution in [2.75, 3.05) is 29.9 Å². The molecule has 0 radical (unpaired) electrons. The van der Waals surface area contributed by atoms with Gasteiger partial charge in [0, 0.05) is 54.6 Å². The van der Waals surface area contributed by atoms with E-state index in [4.69, 9.17) is 0 Å². The summed E-state index contributed by atoms with van der Waals surface area (Å²) in [5.74, 6) is -0.225. The first-order valence-corrected chi connectivity index (χ1v) is 14.2. The highest BCUT2D eigenvalue weighted by molar-refractivity contribution is 6.06. The quantitative estimate of drug-likeness (QED) is 0.286. The summed E-state index contributed by atoms with van der Waals surface area (Å²) in [5.41, 5.74) is 5.81. The fourth-order valence-electron chi connectivity index (χ4n) is 5.32. The second kappa shape index (κ2) is 11.9. The minimum absolute atomic E-state index is 0.0940. The maximum Gasteiger partial charge on any atom is 0.258 e. The maximum absolute atomic E-state index is 13.3. The molecule has 2 N–H and O–H groups in total. The van der Waals surface area contributed by atoms with Gasteiger partial charge in [-0.3, -0.25) is 9.59 Å². The Morgan fingerprint density at radius 1 is 0.881 bits per heavy atom. The van der Waals surface area contributed by atoms with E-state index < -0.39 is 0 Å². The number of nitrogens with one attached hydrogen (secondary N) is 1. The van der Waals surface area contributed by atoms with Crippen molar-refractivity contribution in [2.45, 2.75) is 25.5 Å². The number of aromatic nitrogens is 2. The molecule has 0 unspecified atom stereocenters. The molecule has 4 aromatic carbocycles. The van der Waals surface area contributed by atoms with Crippen molar-refractivity contribution in [3.8, 4) is 5.69 Å². The molecule has 5 aromatic rings. The van der Waals surface area contributed by atoms with E-state index in [1.165, 1.54) is 0 Å². The number of aliphatic hydroxyl groups is 1. The smallest absolute Gasteiger partial charge is 0.258 e. The summed E-state index contributed by atoms with van der Waals surface area (Å²) >= 11 is 0. The summed E-state index contributed by atoms with van der Waals surface area (Å²) in [6.45, 7) is 2.10. The van der Waals surface area contributed by atoms with Crippen LogP contribution in [0.4, 0.5) is 11.4 Å². The lowest BCUT2D eigenvalue weighted by molar-refractivity contribution is 0.0949. The Labute approximate surface area is 244 Å². The Morgan fingerprint density at radius 2 is 1.55 bits per heavy atom. The Hall–Kier alpha value is -4.95. The number of hydrogen-bond acceptors (Lipinski definition) is 5. The molecule has 1 aliphatic rings. The molecule has 42 heavy (non-hydrogen) atoms. The Balaban J connectivity index is 1.12. The van der Waals surface area contributed by atoms with E-state index in [0.717, 1.165) is 59.5 Å². The molecule has 8 nitrogen and oxygen atoms in total. The SMILES string of the molecule is CN(C(=O)c1ccc(N2CCC(O)CC2)cc1)c1ccc2c(cnn2-c2ccc(C(=O)NCc3ccccc3)cc2)c1. The van der Waals surface area contributed by atoms with E-state index in [1.807, 2.05) is 89.6 Å². The van der Waals surface area contributed by atoms with Crippen LogP contribution in [0.1, 0.15) is 39.1 Å². The summed E-state index contributed by atoms with van der Waals surface area (Å²) < 4.78 is 1.82. The monoisotopic (exact) mass is 559 g/mol. The van der Waals surface area contributed by atoms with Crippen molar-refractivity contribution < 1.29 is 14.7 Å². The van der Waals surface area contributed by atoms with E-state index in [9.17, 15) is 14.7 Å². The molecular weight excluding hydrogens is 526 g/mol. The molecule has 1 aliphatic heterocycles. The van der Waals surface area contributed by atoms with Crippen LogP contribution >= 0.6 is 0 Å². The molecule has 1 saturated heterocycles. The van der Waals surface area contributed by atoms with Gasteiger partial charge >= 0.3 is 0 Å². The van der Waals surface area contributed by atoms with Crippen LogP contribution in [0.3, 0.4) is 0 Å². The third kappa shape index (κ3) is 5.75. The first kappa shape index (κ1) is 27.2. The molecule has 0 saturated carbocycles. The summed E-state index contributed by atoms with van der Waals surface area (Å²) in [4.78, 5) is 29.8. The van der Waals surface area contributed by atoms with E-state index in [2.05, 4.69) is 15.3 Å². The number of nitrogens with zero attached hydrogens (tertiary/aromatic N) is 4. The largest absolute Gasteiger partial charge is 0.393 e. The zero-order valence-electron chi connectivity index (χ0n) is 23.5. The van der Waals surface area contributed by atoms with Gasteiger partial charge in [0.15, 0.2) is 0 Å². The number of piperidine rings is 1. The number of hydrogen-bond donors (Lipinski definition) is 2. The van der Waals surface area contributed by atoms with Crippen LogP contribution in [0.2, 0.25) is 0 Å². The second-order valence-corrected chi connectivity index (χ2v) is 10.6. The number of rotatable bonds is 7. The van der Waals surface area contributed by atoms with Crippen molar-refractivity contribution >= 4 is 34.1 Å². The highest BCUT2D eigenvalue weighted by atomic mass is 16.3. The van der Waals surface area contributed by atoms with E-state index in [0.29, 0.717) is 17.7 Å². The molecule has 1 aromatic heterocycles. The lowest BCUT2D eigenvalue weighted by Crippen LogP contribution is -2.35. The topological polar surface area (TPSA) is 90.7 Å². The fraction of sp³-hybridized carbons (Fsp3) is 0.206. The van der Waals surface area contributed by atoms with Gasteiger partial charge in [0.1, 0.15) is 0 Å². The Morgan fingerprint density at radius 3 is 2.26 bits per heavy atom. The molecule has 0 aliphatic carbocycles. The lowest BCUT2D eigenvalue weighted by Gasteiger charge is -2.31. The number of aliphatic hydroxyl groups excluding tert-OH is 1. The molecule has 0 spiro atoms. The van der Waals surface area contributed by atoms with E-state index >= 15 is 0 Å². The number of amides is 2. The number of carbonyl (C=O) groups excluding carboxylic acids is 2. The third-order valence-electron chi connectivity index (χ3n) is 7.86. The highest BCUT2D eigenvalue weighted by Crippen LogP contribution is 2.26. The Bertz CT molecular complexity index is 1690. The van der Waals surface area contributed by atoms with Crippen LogP contribution in [0.25, 0.3) is 16.6 Å². The summed E-state index contributed by atoms with van der Waals surface area (Å²) in [6, 6.07) is 30.7. The lowest BCUT2D eigenvalue weighted by atomic mass is 10.1. The molecule has 0 atom stereocenters. The predicted molar refractivity (Wildman–Crippen MR) is 165 cm³/mol. The van der Waals surface area contributed by atoms with Gasteiger partial charge in [-0.2, -0.15) is 5.10 Å². The number of carbonyl (C=O) groups is 2. The Kier molecular flexibility index (Phi) is 7.70. The van der Waals surface area contributed by atoms with Crippen molar-refractivity contribution in [3.63, 3.8) is 0 Å². The minimum atomic E-state index is -0.218. The van der Waals surface area contributed by atoms with Crippen molar-refractivity contribution in [1.82, 2.24) is 15.1 Å². The molecule has 8 heteroatoms. The summed E-state index contributed by atoms with van der Waals surface area (Å²) in [5, 5.41) is 18.2. The first-order chi connectivity index (χ1) is 20.5. The summed E-state index contributed by atoms with van der Waals surface area (Å²) in [6.07, 6.45) is 3.09. The van der Waals surface area contributed by atoms with Gasteiger partial charge in [0.05, 0.1) is 23.5 Å². The van der Waals surface area contributed by atoms with Gasteiger partial charge in [-0.05, 0) is 85.1 Å². The van der Waals surface area contributed by atoms with Gasteiger partial charge < -0.3 is 20.2 Å². The number of fused-ring (bicyclic) bond motifs is 1. The van der Waals surface area contributed by atoms with Crippen LogP contribution in [-0.2, 0) is 6.54 Å². The van der Waals surface area contributed by atoms with E-state index in [1.54, 1.807) is 30.3 Å². The maximum atomic E-state index is 13.3. The van der Waals surface area contributed by atoms with Crippen molar-refractivity contribution in [2.24, 2.45) is 0 Å². The van der Waals surface area contributed by atoms with Crippen LogP contribution in [0, 0.1) is 0 Å². The van der Waals surface area contributed by atoms with E-state index in [-0.39, 0.29) is 17.9 Å². The van der Waals surface area contributed by atoms with Gasteiger partial charge in [-0.1, -0.05) is 30.3 Å². The third-order valence-corrected chi connectivity index (χ3v) is 7.86. The molecule has 6 rings (SSSR count). The zero-order chi connectivity index (χ0) is 29.1. The predicted octanol–water partition coefficient (Wildman–Crippen LogP) is 5.19. The second-order valence-electron chi connectivity index (χ2n) is 10.6. The molecule has 0 bridgehead atoms. The molecule has 2 amide bonds. The summed E-state index contributed by atoms with van der Waals surface area (Å²) in [7, 11) is 1.77. The average molecular weight is 560 g/mol. The molecule has 2 heterocycles. The highest BCUT2D eigenvalue weighted by Gasteiger charge is 2.19. The normalized spacial score (nSPS) is 13.7. The van der Waals surface area contributed by atoms with Gasteiger partial charge in [-0.25, -0.2) is 4.68 Å². The zero-order valence-corrected chi connectivity index (χ0v) is 23.5. The molecular formula is C34H33N5O3. The van der Waals surface area contributed by atoms with Crippen molar-refractivity contribution in [1.29, 1.82) is 0 Å². The van der Waals surface area contributed by atoms with Crippen LogP contribution in [-0.4, -0.2) is 52.9 Å². The average Bonchev–Trinajstić information content (AvgIpc) is 3.47. The standard InChI is InChI=1S/C34H33N5O3/c1-37(34(42)26-9-11-28(12-10-26)38-19-17-31(40)18-20-38)30-15-16-32-27(21-30)23-36-39(32)29-13-7-25(8-14-29)33(41)35-22-24-5-3-2-4-6-24/h2-16,21,23,31,40H,17-20,22H2,1H3,(H,35,41). The van der Waals surface area contributed by atoms with Gasteiger partial charge in [-0.15, -0.1) is 0 Å². The van der Waals surface area contributed by atoms with Crippen LogP contribution < -0.4 is 15.1 Å². The first-order valence-electron chi connectivity index (χ1n) is 14.2. The molecule has 212 valence electrons. The van der Waals surface area contributed by atoms with Crippen molar-refractivity contribution in [3.05, 3.63) is 120 Å². The number of anilines is 2. The minimum Gasteiger partial charge on any atom is -0.393 e. The molecule has 1 fully saturated rings. The van der Waals surface area contributed by atoms with Gasteiger partial charge in [0.2, 0.25) is 0 Å².